The number of nitrogens with one attached hydrogen (secondary N) is 2. The molecule has 0 aromatic heterocycles. The van der Waals surface area contributed by atoms with Crippen molar-refractivity contribution in [3.8, 4) is 0 Å². The molecule has 3 atom stereocenters. The molecule has 1 aliphatic heterocycles. The number of hydrogen-bond acceptors (Lipinski definition) is 2. The highest BCUT2D eigenvalue weighted by molar-refractivity contribution is 5.83. The SMILES string of the molecule is CCCC1(C(=O)NC(C)CC(C)CC)CCCNC1. The number of rotatable bonds is 7. The molecule has 1 fully saturated rings. The Hall–Kier alpha value is -0.570. The Bertz CT molecular complexity index is 266. The molecule has 3 nitrogen and oxygen atoms in total. The van der Waals surface area contributed by atoms with Crippen LogP contribution >= 0.6 is 0 Å². The fourth-order valence-corrected chi connectivity index (χ4v) is 3.17. The van der Waals surface area contributed by atoms with Crippen molar-refractivity contribution in [1.29, 1.82) is 0 Å². The molecular weight excluding hydrogens is 236 g/mol. The first kappa shape index (κ1) is 16.5. The summed E-state index contributed by atoms with van der Waals surface area (Å²) in [5.41, 5.74) is -0.156. The standard InChI is InChI=1S/C16H32N2O/c1-5-8-16(9-7-10-17-12-16)15(19)18-14(4)11-13(3)6-2/h13-14,17H,5-12H2,1-4H3,(H,18,19). The molecule has 1 amide bonds. The quantitative estimate of drug-likeness (QED) is 0.745. The summed E-state index contributed by atoms with van der Waals surface area (Å²) in [5, 5.41) is 6.67. The Morgan fingerprint density at radius 1 is 1.37 bits per heavy atom. The van der Waals surface area contributed by atoms with Gasteiger partial charge in [-0.15, -0.1) is 0 Å². The van der Waals surface area contributed by atoms with Crippen molar-refractivity contribution in [2.45, 2.75) is 72.3 Å². The summed E-state index contributed by atoms with van der Waals surface area (Å²) in [5.74, 6) is 0.958. The van der Waals surface area contributed by atoms with Crippen LogP contribution in [0.15, 0.2) is 0 Å². The predicted molar refractivity (Wildman–Crippen MR) is 81.1 cm³/mol. The molecule has 1 heterocycles. The Morgan fingerprint density at radius 2 is 2.11 bits per heavy atom. The fraction of sp³-hybridized carbons (Fsp3) is 0.938. The van der Waals surface area contributed by atoms with Crippen LogP contribution in [-0.4, -0.2) is 25.0 Å². The van der Waals surface area contributed by atoms with Crippen molar-refractivity contribution in [2.24, 2.45) is 11.3 Å². The molecule has 0 saturated carbocycles. The van der Waals surface area contributed by atoms with Crippen molar-refractivity contribution in [3.05, 3.63) is 0 Å². The summed E-state index contributed by atoms with van der Waals surface area (Å²) < 4.78 is 0. The first-order chi connectivity index (χ1) is 9.04. The van der Waals surface area contributed by atoms with Crippen molar-refractivity contribution >= 4 is 5.91 Å². The Kier molecular flexibility index (Phi) is 6.84. The van der Waals surface area contributed by atoms with Gasteiger partial charge in [0.25, 0.3) is 0 Å². The molecule has 0 radical (unpaired) electrons. The molecule has 0 aliphatic carbocycles. The molecule has 0 aromatic carbocycles. The van der Waals surface area contributed by atoms with Crippen LogP contribution < -0.4 is 10.6 Å². The van der Waals surface area contributed by atoms with E-state index >= 15 is 0 Å². The van der Waals surface area contributed by atoms with Crippen LogP contribution in [0.25, 0.3) is 0 Å². The highest BCUT2D eigenvalue weighted by Crippen LogP contribution is 2.32. The molecule has 1 aliphatic rings. The zero-order chi connectivity index (χ0) is 14.3. The van der Waals surface area contributed by atoms with Crippen LogP contribution in [0.5, 0.6) is 0 Å². The molecule has 1 saturated heterocycles. The smallest absolute Gasteiger partial charge is 0.227 e. The Morgan fingerprint density at radius 3 is 2.63 bits per heavy atom. The molecule has 1 rings (SSSR count). The first-order valence-corrected chi connectivity index (χ1v) is 8.05. The second-order valence-electron chi connectivity index (χ2n) is 6.43. The number of hydrogen-bond donors (Lipinski definition) is 2. The summed E-state index contributed by atoms with van der Waals surface area (Å²) in [6.45, 7) is 10.7. The van der Waals surface area contributed by atoms with E-state index in [4.69, 9.17) is 0 Å². The monoisotopic (exact) mass is 268 g/mol. The maximum absolute atomic E-state index is 12.6. The van der Waals surface area contributed by atoms with Gasteiger partial charge in [0.05, 0.1) is 5.41 Å². The van der Waals surface area contributed by atoms with Crippen molar-refractivity contribution in [3.63, 3.8) is 0 Å². The largest absolute Gasteiger partial charge is 0.353 e. The van der Waals surface area contributed by atoms with E-state index in [2.05, 4.69) is 38.3 Å². The molecule has 3 heteroatoms. The van der Waals surface area contributed by atoms with E-state index in [1.807, 2.05) is 0 Å². The number of carbonyl (C=O) groups is 1. The third-order valence-corrected chi connectivity index (χ3v) is 4.51. The van der Waals surface area contributed by atoms with E-state index in [0.29, 0.717) is 5.92 Å². The van der Waals surface area contributed by atoms with Gasteiger partial charge in [0, 0.05) is 12.6 Å². The lowest BCUT2D eigenvalue weighted by Gasteiger charge is -2.37. The van der Waals surface area contributed by atoms with Gasteiger partial charge in [-0.25, -0.2) is 0 Å². The Labute approximate surface area is 118 Å². The minimum Gasteiger partial charge on any atom is -0.353 e. The van der Waals surface area contributed by atoms with E-state index in [1.165, 1.54) is 6.42 Å². The van der Waals surface area contributed by atoms with E-state index in [1.54, 1.807) is 0 Å². The number of piperidine rings is 1. The first-order valence-electron chi connectivity index (χ1n) is 8.05. The molecule has 3 unspecified atom stereocenters. The van der Waals surface area contributed by atoms with E-state index in [-0.39, 0.29) is 17.4 Å². The topological polar surface area (TPSA) is 41.1 Å². The minimum absolute atomic E-state index is 0.156. The molecule has 0 aromatic rings. The lowest BCUT2D eigenvalue weighted by atomic mass is 9.76. The van der Waals surface area contributed by atoms with Gasteiger partial charge in [-0.05, 0) is 45.1 Å². The van der Waals surface area contributed by atoms with Crippen LogP contribution in [0.3, 0.4) is 0 Å². The maximum atomic E-state index is 12.6. The van der Waals surface area contributed by atoms with Gasteiger partial charge in [-0.2, -0.15) is 0 Å². The zero-order valence-corrected chi connectivity index (χ0v) is 13.2. The van der Waals surface area contributed by atoms with Gasteiger partial charge in [-0.1, -0.05) is 33.6 Å². The second-order valence-corrected chi connectivity index (χ2v) is 6.43. The van der Waals surface area contributed by atoms with Crippen LogP contribution in [0.4, 0.5) is 0 Å². The third-order valence-electron chi connectivity index (χ3n) is 4.51. The summed E-state index contributed by atoms with van der Waals surface area (Å²) in [6.07, 6.45) is 6.50. The third kappa shape index (κ3) is 4.79. The molecule has 0 bridgehead atoms. The summed E-state index contributed by atoms with van der Waals surface area (Å²) in [6, 6.07) is 0.290. The maximum Gasteiger partial charge on any atom is 0.227 e. The summed E-state index contributed by atoms with van der Waals surface area (Å²) in [7, 11) is 0. The van der Waals surface area contributed by atoms with Gasteiger partial charge in [0.1, 0.15) is 0 Å². The minimum atomic E-state index is -0.156. The van der Waals surface area contributed by atoms with Gasteiger partial charge in [-0.3, -0.25) is 4.79 Å². The number of carbonyl (C=O) groups excluding carboxylic acids is 1. The van der Waals surface area contributed by atoms with Gasteiger partial charge in [0.15, 0.2) is 0 Å². The van der Waals surface area contributed by atoms with E-state index < -0.39 is 0 Å². The highest BCUT2D eigenvalue weighted by atomic mass is 16.2. The summed E-state index contributed by atoms with van der Waals surface area (Å²) >= 11 is 0. The van der Waals surface area contributed by atoms with Crippen LogP contribution in [0, 0.1) is 11.3 Å². The molecule has 19 heavy (non-hydrogen) atoms. The van der Waals surface area contributed by atoms with Crippen molar-refractivity contribution < 1.29 is 4.79 Å². The molecule has 2 N–H and O–H groups in total. The van der Waals surface area contributed by atoms with Crippen LogP contribution in [-0.2, 0) is 4.79 Å². The van der Waals surface area contributed by atoms with Crippen LogP contribution in [0.1, 0.15) is 66.2 Å². The lowest BCUT2D eigenvalue weighted by molar-refractivity contribution is -0.133. The Balaban J connectivity index is 2.56. The fourth-order valence-electron chi connectivity index (χ4n) is 3.17. The molecule has 112 valence electrons. The summed E-state index contributed by atoms with van der Waals surface area (Å²) in [4.78, 5) is 12.6. The average molecular weight is 268 g/mol. The normalized spacial score (nSPS) is 26.7. The van der Waals surface area contributed by atoms with Crippen molar-refractivity contribution in [2.75, 3.05) is 13.1 Å². The van der Waals surface area contributed by atoms with Crippen molar-refractivity contribution in [1.82, 2.24) is 10.6 Å². The zero-order valence-electron chi connectivity index (χ0n) is 13.2. The predicted octanol–water partition coefficient (Wildman–Crippen LogP) is 3.10. The number of amides is 1. The van der Waals surface area contributed by atoms with Gasteiger partial charge < -0.3 is 10.6 Å². The van der Waals surface area contributed by atoms with Gasteiger partial charge in [0.2, 0.25) is 5.91 Å². The van der Waals surface area contributed by atoms with E-state index in [9.17, 15) is 4.79 Å². The van der Waals surface area contributed by atoms with Gasteiger partial charge >= 0.3 is 0 Å². The highest BCUT2D eigenvalue weighted by Gasteiger charge is 2.38. The molecule has 0 spiro atoms. The van der Waals surface area contributed by atoms with E-state index in [0.717, 1.165) is 45.2 Å². The van der Waals surface area contributed by atoms with Crippen LogP contribution in [0.2, 0.25) is 0 Å². The molecular formula is C16H32N2O. The average Bonchev–Trinajstić information content (AvgIpc) is 2.39. The second kappa shape index (κ2) is 7.88. The lowest BCUT2D eigenvalue weighted by Crippen LogP contribution is -2.52.